The van der Waals surface area contributed by atoms with E-state index in [1.54, 1.807) is 0 Å². The van der Waals surface area contributed by atoms with Crippen molar-refractivity contribution in [3.63, 3.8) is 0 Å². The summed E-state index contributed by atoms with van der Waals surface area (Å²) in [7, 11) is 0. The zero-order chi connectivity index (χ0) is 12.7. The molecule has 100 valence electrons. The fourth-order valence-electron chi connectivity index (χ4n) is 3.89. The molecule has 0 radical (unpaired) electrons. The highest BCUT2D eigenvalue weighted by atomic mass is 32.2. The van der Waals surface area contributed by atoms with E-state index in [9.17, 15) is 10.2 Å². The molecule has 0 amide bonds. The summed E-state index contributed by atoms with van der Waals surface area (Å²) in [6, 6.07) is 0. The van der Waals surface area contributed by atoms with Gasteiger partial charge >= 0.3 is 0 Å². The Hall–Kier alpha value is 0.270. The van der Waals surface area contributed by atoms with Crippen LogP contribution >= 0.6 is 11.8 Å². The van der Waals surface area contributed by atoms with E-state index < -0.39 is 0 Å². The number of rotatable bonds is 5. The van der Waals surface area contributed by atoms with Gasteiger partial charge in [-0.25, -0.2) is 0 Å². The Morgan fingerprint density at radius 1 is 1.41 bits per heavy atom. The molecule has 0 unspecified atom stereocenters. The van der Waals surface area contributed by atoms with Crippen LogP contribution in [-0.2, 0) is 0 Å². The lowest BCUT2D eigenvalue weighted by Crippen LogP contribution is -2.41. The zero-order valence-corrected chi connectivity index (χ0v) is 12.1. The number of hydrogen-bond donors (Lipinski definition) is 2. The van der Waals surface area contributed by atoms with Gasteiger partial charge in [0.2, 0.25) is 0 Å². The fraction of sp³-hybridized carbons (Fsp3) is 1.00. The van der Waals surface area contributed by atoms with Crippen molar-refractivity contribution in [2.45, 2.75) is 58.7 Å². The molecule has 2 rings (SSSR count). The van der Waals surface area contributed by atoms with Crippen LogP contribution in [0.2, 0.25) is 0 Å². The third-order valence-electron chi connectivity index (χ3n) is 5.43. The molecule has 0 saturated heterocycles. The molecular weight excluding hydrogens is 232 g/mol. The fourth-order valence-corrected chi connectivity index (χ4v) is 5.61. The molecule has 2 saturated carbocycles. The molecule has 2 bridgehead atoms. The van der Waals surface area contributed by atoms with Gasteiger partial charge in [0, 0.05) is 11.2 Å². The van der Waals surface area contributed by atoms with E-state index in [2.05, 4.69) is 13.8 Å². The van der Waals surface area contributed by atoms with E-state index in [1.807, 2.05) is 18.7 Å². The van der Waals surface area contributed by atoms with Crippen molar-refractivity contribution in [2.24, 2.45) is 16.7 Å². The predicted octanol–water partition coefficient (Wildman–Crippen LogP) is 2.68. The van der Waals surface area contributed by atoms with Crippen LogP contribution in [0.25, 0.3) is 0 Å². The van der Waals surface area contributed by atoms with Crippen molar-refractivity contribution >= 4 is 11.8 Å². The lowest BCUT2D eigenvalue weighted by Gasteiger charge is -2.40. The first kappa shape index (κ1) is 13.7. The van der Waals surface area contributed by atoms with E-state index >= 15 is 0 Å². The smallest absolute Gasteiger partial charge is 0.0612 e. The molecule has 2 nitrogen and oxygen atoms in total. The number of aliphatic hydroxyl groups excluding tert-OH is 2. The topological polar surface area (TPSA) is 40.5 Å². The summed E-state index contributed by atoms with van der Waals surface area (Å²) in [6.45, 7) is 6.53. The second kappa shape index (κ2) is 4.75. The molecule has 17 heavy (non-hydrogen) atoms. The van der Waals surface area contributed by atoms with Crippen LogP contribution in [0.1, 0.15) is 46.5 Å². The zero-order valence-electron chi connectivity index (χ0n) is 11.3. The molecule has 2 aliphatic rings. The summed E-state index contributed by atoms with van der Waals surface area (Å²) in [5, 5.41) is 19.6. The van der Waals surface area contributed by atoms with Crippen molar-refractivity contribution in [2.75, 3.05) is 11.5 Å². The van der Waals surface area contributed by atoms with Crippen LogP contribution in [0.3, 0.4) is 0 Å². The molecule has 0 aromatic heterocycles. The number of aliphatic hydroxyl groups is 2. The largest absolute Gasteiger partial charge is 0.393 e. The van der Waals surface area contributed by atoms with Crippen LogP contribution in [0, 0.1) is 16.7 Å². The Labute approximate surface area is 109 Å². The number of thioether (sulfide) groups is 1. The highest BCUT2D eigenvalue weighted by Gasteiger charge is 2.63. The van der Waals surface area contributed by atoms with Gasteiger partial charge in [0.1, 0.15) is 0 Å². The van der Waals surface area contributed by atoms with Crippen molar-refractivity contribution in [1.82, 2.24) is 0 Å². The maximum absolute atomic E-state index is 10.4. The molecule has 0 heterocycles. The van der Waals surface area contributed by atoms with Crippen LogP contribution in [0.4, 0.5) is 0 Å². The van der Waals surface area contributed by atoms with Crippen LogP contribution in [-0.4, -0.2) is 33.9 Å². The maximum Gasteiger partial charge on any atom is 0.0612 e. The second-order valence-corrected chi connectivity index (χ2v) is 7.66. The SMILES string of the molecule is C[C@H](O)CCSC[C@]12CC[C@H](C[C@H]1O)C2(C)C. The lowest BCUT2D eigenvalue weighted by atomic mass is 9.70. The first-order chi connectivity index (χ1) is 7.90. The van der Waals surface area contributed by atoms with Gasteiger partial charge in [-0.15, -0.1) is 0 Å². The van der Waals surface area contributed by atoms with Gasteiger partial charge < -0.3 is 10.2 Å². The summed E-state index contributed by atoms with van der Waals surface area (Å²) in [5.41, 5.74) is 0.436. The van der Waals surface area contributed by atoms with Gasteiger partial charge in [0.15, 0.2) is 0 Å². The van der Waals surface area contributed by atoms with E-state index in [-0.39, 0.29) is 17.6 Å². The third kappa shape index (κ3) is 2.15. The van der Waals surface area contributed by atoms with Gasteiger partial charge in [-0.1, -0.05) is 13.8 Å². The molecule has 0 aromatic rings. The third-order valence-corrected chi connectivity index (χ3v) is 6.67. The van der Waals surface area contributed by atoms with E-state index in [1.165, 1.54) is 12.8 Å². The molecule has 0 aliphatic heterocycles. The monoisotopic (exact) mass is 258 g/mol. The quantitative estimate of drug-likeness (QED) is 0.745. The Balaban J connectivity index is 1.93. The first-order valence-corrected chi connectivity index (χ1v) is 7.99. The highest BCUT2D eigenvalue weighted by molar-refractivity contribution is 7.99. The van der Waals surface area contributed by atoms with Gasteiger partial charge in [-0.05, 0) is 49.7 Å². The Morgan fingerprint density at radius 2 is 2.12 bits per heavy atom. The predicted molar refractivity (Wildman–Crippen MR) is 73.2 cm³/mol. The molecule has 0 aromatic carbocycles. The van der Waals surface area contributed by atoms with Gasteiger partial charge in [0.05, 0.1) is 12.2 Å². The van der Waals surface area contributed by atoms with Crippen LogP contribution in [0.15, 0.2) is 0 Å². The van der Waals surface area contributed by atoms with Gasteiger partial charge in [-0.3, -0.25) is 0 Å². The molecule has 2 aliphatic carbocycles. The van der Waals surface area contributed by atoms with Crippen molar-refractivity contribution in [3.8, 4) is 0 Å². The minimum Gasteiger partial charge on any atom is -0.393 e. The van der Waals surface area contributed by atoms with Gasteiger partial charge in [0.25, 0.3) is 0 Å². The summed E-state index contributed by atoms with van der Waals surface area (Å²) >= 11 is 1.91. The molecular formula is C14H26O2S. The van der Waals surface area contributed by atoms with Crippen molar-refractivity contribution in [3.05, 3.63) is 0 Å². The highest BCUT2D eigenvalue weighted by Crippen LogP contribution is 2.66. The van der Waals surface area contributed by atoms with E-state index in [0.717, 1.165) is 30.3 Å². The Kier molecular flexibility index (Phi) is 3.82. The molecule has 3 heteroatoms. The van der Waals surface area contributed by atoms with E-state index in [4.69, 9.17) is 0 Å². The lowest BCUT2D eigenvalue weighted by molar-refractivity contribution is 0.0168. The molecule has 4 atom stereocenters. The van der Waals surface area contributed by atoms with E-state index in [0.29, 0.717) is 5.41 Å². The molecule has 2 N–H and O–H groups in total. The Morgan fingerprint density at radius 3 is 2.59 bits per heavy atom. The molecule has 0 spiro atoms. The van der Waals surface area contributed by atoms with Crippen LogP contribution < -0.4 is 0 Å². The summed E-state index contributed by atoms with van der Waals surface area (Å²) in [4.78, 5) is 0. The maximum atomic E-state index is 10.4. The number of hydrogen-bond acceptors (Lipinski definition) is 3. The Bertz CT molecular complexity index is 277. The normalized spacial score (nSPS) is 40.8. The van der Waals surface area contributed by atoms with Crippen LogP contribution in [0.5, 0.6) is 0 Å². The average molecular weight is 258 g/mol. The summed E-state index contributed by atoms with van der Waals surface area (Å²) in [6.07, 6.45) is 4.05. The minimum atomic E-state index is -0.196. The standard InChI is InChI=1S/C14H26O2S/c1-10(15)5-7-17-9-14-6-4-11(8-12(14)16)13(14,2)3/h10-12,15-16H,4-9H2,1-3H3/t10-,11+,12+,14+/m0/s1. The average Bonchev–Trinajstić information content (AvgIpc) is 2.58. The summed E-state index contributed by atoms with van der Waals surface area (Å²) in [5.74, 6) is 2.78. The molecule has 2 fully saturated rings. The minimum absolute atomic E-state index is 0.102. The van der Waals surface area contributed by atoms with Crippen molar-refractivity contribution in [1.29, 1.82) is 0 Å². The summed E-state index contributed by atoms with van der Waals surface area (Å²) < 4.78 is 0. The van der Waals surface area contributed by atoms with Crippen molar-refractivity contribution < 1.29 is 10.2 Å². The van der Waals surface area contributed by atoms with Gasteiger partial charge in [-0.2, -0.15) is 11.8 Å². The first-order valence-electron chi connectivity index (χ1n) is 6.84. The second-order valence-electron chi connectivity index (χ2n) is 6.56. The number of fused-ring (bicyclic) bond motifs is 2.